The van der Waals surface area contributed by atoms with Gasteiger partial charge in [0.2, 0.25) is 0 Å². The Bertz CT molecular complexity index is 409. The molecule has 1 aromatic carbocycles. The summed E-state index contributed by atoms with van der Waals surface area (Å²) in [5.41, 5.74) is 6.65. The first-order chi connectivity index (χ1) is 9.51. The molecule has 0 heterocycles. The summed E-state index contributed by atoms with van der Waals surface area (Å²) in [6.07, 6.45) is 1.83. The summed E-state index contributed by atoms with van der Waals surface area (Å²) in [5, 5.41) is 0. The molecule has 0 radical (unpaired) electrons. The molecule has 2 N–H and O–H groups in total. The Morgan fingerprint density at radius 1 is 1.30 bits per heavy atom. The third-order valence-electron chi connectivity index (χ3n) is 3.57. The smallest absolute Gasteiger partial charge is 0.131 e. The van der Waals surface area contributed by atoms with Crippen molar-refractivity contribution in [3.8, 4) is 5.75 Å². The quantitative estimate of drug-likeness (QED) is 0.794. The molecule has 1 atom stereocenters. The Morgan fingerprint density at radius 3 is 2.55 bits per heavy atom. The van der Waals surface area contributed by atoms with E-state index in [1.807, 2.05) is 0 Å². The molecule has 0 aliphatic heterocycles. The van der Waals surface area contributed by atoms with Gasteiger partial charge in [-0.05, 0) is 45.4 Å². The third kappa shape index (κ3) is 4.46. The van der Waals surface area contributed by atoms with Crippen LogP contribution < -0.4 is 10.5 Å². The number of nitrogens with zero attached hydrogens (tertiary/aromatic N) is 1. The Morgan fingerprint density at radius 2 is 2.00 bits per heavy atom. The van der Waals surface area contributed by atoms with E-state index in [1.54, 1.807) is 19.2 Å². The fourth-order valence-corrected chi connectivity index (χ4v) is 2.42. The molecule has 114 valence electrons. The number of nitrogens with two attached hydrogens (primary N) is 1. The van der Waals surface area contributed by atoms with E-state index in [9.17, 15) is 4.39 Å². The standard InChI is InChI=1S/C16H27FN2O/c1-5-10-19(12(2)3)11-9-14(18)16-13(17)7-6-8-15(16)20-4/h6-8,12,14H,5,9-11,18H2,1-4H3. The zero-order chi connectivity index (χ0) is 15.1. The molecular formula is C16H27FN2O. The highest BCUT2D eigenvalue weighted by Crippen LogP contribution is 2.28. The van der Waals surface area contributed by atoms with Crippen molar-refractivity contribution in [1.29, 1.82) is 0 Å². The van der Waals surface area contributed by atoms with Crippen LogP contribution in [0.5, 0.6) is 5.75 Å². The van der Waals surface area contributed by atoms with E-state index in [0.29, 0.717) is 17.4 Å². The molecule has 4 heteroatoms. The summed E-state index contributed by atoms with van der Waals surface area (Å²) in [6.45, 7) is 8.41. The summed E-state index contributed by atoms with van der Waals surface area (Å²) in [5.74, 6) is 0.243. The lowest BCUT2D eigenvalue weighted by atomic mass is 10.0. The third-order valence-corrected chi connectivity index (χ3v) is 3.57. The number of ether oxygens (including phenoxy) is 1. The average Bonchev–Trinajstić information content (AvgIpc) is 2.42. The summed E-state index contributed by atoms with van der Waals surface area (Å²) in [4.78, 5) is 2.37. The van der Waals surface area contributed by atoms with Gasteiger partial charge < -0.3 is 15.4 Å². The second-order valence-corrected chi connectivity index (χ2v) is 5.38. The number of rotatable bonds is 8. The van der Waals surface area contributed by atoms with Crippen LogP contribution in [-0.2, 0) is 0 Å². The van der Waals surface area contributed by atoms with Gasteiger partial charge in [-0.3, -0.25) is 0 Å². The van der Waals surface area contributed by atoms with Gasteiger partial charge >= 0.3 is 0 Å². The molecule has 0 aliphatic carbocycles. The van der Waals surface area contributed by atoms with Gasteiger partial charge in [-0.15, -0.1) is 0 Å². The zero-order valence-corrected chi connectivity index (χ0v) is 13.0. The van der Waals surface area contributed by atoms with Crippen LogP contribution in [-0.4, -0.2) is 31.1 Å². The van der Waals surface area contributed by atoms with Gasteiger partial charge in [-0.25, -0.2) is 4.39 Å². The Labute approximate surface area is 121 Å². The predicted octanol–water partition coefficient (Wildman–Crippen LogP) is 3.34. The van der Waals surface area contributed by atoms with E-state index in [2.05, 4.69) is 25.7 Å². The van der Waals surface area contributed by atoms with Crippen molar-refractivity contribution < 1.29 is 9.13 Å². The molecule has 0 aromatic heterocycles. The van der Waals surface area contributed by atoms with Crippen LogP contribution in [0.25, 0.3) is 0 Å². The number of methoxy groups -OCH3 is 1. The number of halogens is 1. The van der Waals surface area contributed by atoms with Gasteiger partial charge in [0.25, 0.3) is 0 Å². The van der Waals surface area contributed by atoms with E-state index in [1.165, 1.54) is 6.07 Å². The van der Waals surface area contributed by atoms with Crippen molar-refractivity contribution in [3.05, 3.63) is 29.6 Å². The summed E-state index contributed by atoms with van der Waals surface area (Å²) >= 11 is 0. The van der Waals surface area contributed by atoms with Gasteiger partial charge in [-0.1, -0.05) is 13.0 Å². The predicted molar refractivity (Wildman–Crippen MR) is 81.5 cm³/mol. The Balaban J connectivity index is 2.73. The minimum absolute atomic E-state index is 0.288. The Hall–Kier alpha value is -1.13. The molecule has 1 unspecified atom stereocenters. The zero-order valence-electron chi connectivity index (χ0n) is 13.0. The Kier molecular flexibility index (Phi) is 6.96. The fraction of sp³-hybridized carbons (Fsp3) is 0.625. The average molecular weight is 282 g/mol. The van der Waals surface area contributed by atoms with Crippen LogP contribution >= 0.6 is 0 Å². The molecule has 0 spiro atoms. The molecule has 1 rings (SSSR count). The first-order valence-electron chi connectivity index (χ1n) is 7.33. The molecule has 0 saturated heterocycles. The van der Waals surface area contributed by atoms with E-state index in [0.717, 1.165) is 25.9 Å². The maximum atomic E-state index is 13.9. The lowest BCUT2D eigenvalue weighted by Gasteiger charge is -2.27. The largest absolute Gasteiger partial charge is 0.496 e. The normalized spacial score (nSPS) is 13.0. The second-order valence-electron chi connectivity index (χ2n) is 5.38. The van der Waals surface area contributed by atoms with Gasteiger partial charge in [0.05, 0.1) is 7.11 Å². The van der Waals surface area contributed by atoms with Gasteiger partial charge in [-0.2, -0.15) is 0 Å². The van der Waals surface area contributed by atoms with E-state index < -0.39 is 0 Å². The van der Waals surface area contributed by atoms with Crippen LogP contribution in [0.1, 0.15) is 45.2 Å². The molecule has 1 aromatic rings. The maximum Gasteiger partial charge on any atom is 0.131 e. The molecule has 0 saturated carbocycles. The fourth-order valence-electron chi connectivity index (χ4n) is 2.42. The monoisotopic (exact) mass is 282 g/mol. The van der Waals surface area contributed by atoms with Gasteiger partial charge in [0, 0.05) is 24.2 Å². The van der Waals surface area contributed by atoms with Gasteiger partial charge in [0.1, 0.15) is 11.6 Å². The van der Waals surface area contributed by atoms with Crippen LogP contribution in [0.2, 0.25) is 0 Å². The van der Waals surface area contributed by atoms with Crippen LogP contribution in [0.3, 0.4) is 0 Å². The first-order valence-corrected chi connectivity index (χ1v) is 7.33. The van der Waals surface area contributed by atoms with E-state index in [-0.39, 0.29) is 11.9 Å². The van der Waals surface area contributed by atoms with E-state index >= 15 is 0 Å². The van der Waals surface area contributed by atoms with Crippen molar-refractivity contribution >= 4 is 0 Å². The number of benzene rings is 1. The molecule has 0 amide bonds. The highest BCUT2D eigenvalue weighted by Gasteiger charge is 2.18. The van der Waals surface area contributed by atoms with Crippen LogP contribution in [0.15, 0.2) is 18.2 Å². The molecule has 0 bridgehead atoms. The lowest BCUT2D eigenvalue weighted by Crippen LogP contribution is -2.34. The molecular weight excluding hydrogens is 255 g/mol. The lowest BCUT2D eigenvalue weighted by molar-refractivity contribution is 0.213. The molecule has 20 heavy (non-hydrogen) atoms. The van der Waals surface area contributed by atoms with E-state index in [4.69, 9.17) is 10.5 Å². The van der Waals surface area contributed by atoms with Crippen molar-refractivity contribution in [1.82, 2.24) is 4.90 Å². The first kappa shape index (κ1) is 16.9. The van der Waals surface area contributed by atoms with Crippen molar-refractivity contribution in [2.45, 2.75) is 45.7 Å². The summed E-state index contributed by atoms with van der Waals surface area (Å²) < 4.78 is 19.2. The molecule has 0 aliphatic rings. The molecule has 3 nitrogen and oxygen atoms in total. The van der Waals surface area contributed by atoms with Crippen LogP contribution in [0.4, 0.5) is 4.39 Å². The second kappa shape index (κ2) is 8.22. The van der Waals surface area contributed by atoms with Crippen molar-refractivity contribution in [2.24, 2.45) is 5.73 Å². The van der Waals surface area contributed by atoms with Crippen molar-refractivity contribution in [3.63, 3.8) is 0 Å². The maximum absolute atomic E-state index is 13.9. The summed E-state index contributed by atoms with van der Waals surface area (Å²) in [6, 6.07) is 4.96. The molecule has 0 fully saturated rings. The van der Waals surface area contributed by atoms with Crippen molar-refractivity contribution in [2.75, 3.05) is 20.2 Å². The highest BCUT2D eigenvalue weighted by molar-refractivity contribution is 5.37. The minimum atomic E-state index is -0.343. The minimum Gasteiger partial charge on any atom is -0.496 e. The SMILES string of the molecule is CCCN(CCC(N)c1c(F)cccc1OC)C(C)C. The number of hydrogen-bond acceptors (Lipinski definition) is 3. The highest BCUT2D eigenvalue weighted by atomic mass is 19.1. The number of hydrogen-bond donors (Lipinski definition) is 1. The topological polar surface area (TPSA) is 38.5 Å². The van der Waals surface area contributed by atoms with Crippen LogP contribution in [0, 0.1) is 5.82 Å². The van der Waals surface area contributed by atoms with Gasteiger partial charge in [0.15, 0.2) is 0 Å². The summed E-state index contributed by atoms with van der Waals surface area (Å²) in [7, 11) is 1.54.